The average Bonchev–Trinajstić information content (AvgIpc) is 2.75. The molecule has 0 bridgehead atoms. The highest BCUT2D eigenvalue weighted by Gasteiger charge is 2.12. The fraction of sp³-hybridized carbons (Fsp3) is 0. The second kappa shape index (κ2) is 6.26. The molecule has 5 rings (SSSR count). The number of hydrogen-bond acceptors (Lipinski definition) is 1. The largest absolute Gasteiger partial charge is 0.309 e. The molecule has 4 aromatic carbocycles. The van der Waals surface area contributed by atoms with E-state index in [-0.39, 0.29) is 5.43 Å². The van der Waals surface area contributed by atoms with Crippen LogP contribution in [0.5, 0.6) is 0 Å². The molecule has 0 radical (unpaired) electrons. The smallest absolute Gasteiger partial charge is 0.197 e. The Morgan fingerprint density at radius 1 is 0.519 bits per heavy atom. The third-order valence-corrected chi connectivity index (χ3v) is 4.99. The van der Waals surface area contributed by atoms with Gasteiger partial charge in [0.05, 0.1) is 11.0 Å². The van der Waals surface area contributed by atoms with Crippen molar-refractivity contribution in [1.82, 2.24) is 4.57 Å². The van der Waals surface area contributed by atoms with E-state index in [2.05, 4.69) is 41.0 Å². The van der Waals surface area contributed by atoms with E-state index in [0.717, 1.165) is 33.1 Å². The fourth-order valence-corrected chi connectivity index (χ4v) is 3.73. The van der Waals surface area contributed by atoms with Crippen LogP contribution in [-0.2, 0) is 0 Å². The number of hydrogen-bond donors (Lipinski definition) is 0. The van der Waals surface area contributed by atoms with Crippen LogP contribution < -0.4 is 5.43 Å². The minimum absolute atomic E-state index is 0.0802. The summed E-state index contributed by atoms with van der Waals surface area (Å²) in [5, 5.41) is 1.47. The topological polar surface area (TPSA) is 22.0 Å². The van der Waals surface area contributed by atoms with Crippen LogP contribution in [0.15, 0.2) is 108 Å². The number of rotatable bonds is 2. The molecule has 0 spiro atoms. The lowest BCUT2D eigenvalue weighted by atomic mass is 10.0. The van der Waals surface area contributed by atoms with E-state index in [4.69, 9.17) is 0 Å². The first-order valence-electron chi connectivity index (χ1n) is 9.01. The second-order valence-electron chi connectivity index (χ2n) is 6.62. The van der Waals surface area contributed by atoms with Gasteiger partial charge in [0, 0.05) is 16.5 Å². The molecular formula is C25H17NO. The van der Waals surface area contributed by atoms with Gasteiger partial charge in [-0.3, -0.25) is 4.79 Å². The van der Waals surface area contributed by atoms with Gasteiger partial charge in [0.15, 0.2) is 5.43 Å². The van der Waals surface area contributed by atoms with Gasteiger partial charge in [0.2, 0.25) is 0 Å². The maximum atomic E-state index is 12.9. The molecule has 0 saturated carbocycles. The zero-order chi connectivity index (χ0) is 18.2. The lowest BCUT2D eigenvalue weighted by Crippen LogP contribution is -2.10. The van der Waals surface area contributed by atoms with E-state index >= 15 is 0 Å². The Morgan fingerprint density at radius 3 is 1.74 bits per heavy atom. The normalized spacial score (nSPS) is 11.1. The summed E-state index contributed by atoms with van der Waals surface area (Å²) in [7, 11) is 0. The summed E-state index contributed by atoms with van der Waals surface area (Å²) in [4.78, 5) is 12.9. The highest BCUT2D eigenvalue weighted by Crippen LogP contribution is 2.27. The Balaban J connectivity index is 1.88. The summed E-state index contributed by atoms with van der Waals surface area (Å²) in [5.41, 5.74) is 5.30. The molecule has 0 atom stereocenters. The average molecular weight is 347 g/mol. The number of benzene rings is 4. The maximum absolute atomic E-state index is 12.9. The summed E-state index contributed by atoms with van der Waals surface area (Å²) in [5.74, 6) is 0. The molecule has 0 amide bonds. The third kappa shape index (κ3) is 2.54. The predicted octanol–water partition coefficient (Wildman–Crippen LogP) is 5.81. The van der Waals surface area contributed by atoms with Gasteiger partial charge in [-0.25, -0.2) is 0 Å². The van der Waals surface area contributed by atoms with E-state index in [0.29, 0.717) is 0 Å². The highest BCUT2D eigenvalue weighted by molar-refractivity contribution is 5.95. The summed E-state index contributed by atoms with van der Waals surface area (Å²) in [6.07, 6.45) is 0. The van der Waals surface area contributed by atoms with Crippen LogP contribution in [0.1, 0.15) is 0 Å². The molecular weight excluding hydrogens is 330 g/mol. The molecule has 0 fully saturated rings. The standard InChI is InChI=1S/C25H17NO/c27-25-21-13-4-6-15-23(21)26(24-16-7-5-14-22(24)25)20-12-8-11-19(17-20)18-9-2-1-3-10-18/h1-17H. The summed E-state index contributed by atoms with van der Waals surface area (Å²) in [6.45, 7) is 0. The van der Waals surface area contributed by atoms with Crippen molar-refractivity contribution in [2.75, 3.05) is 0 Å². The second-order valence-corrected chi connectivity index (χ2v) is 6.62. The summed E-state index contributed by atoms with van der Waals surface area (Å²) >= 11 is 0. The SMILES string of the molecule is O=c1c2ccccc2n(-c2cccc(-c3ccccc3)c2)c2ccccc12. The first-order chi connectivity index (χ1) is 13.3. The molecule has 1 aromatic heterocycles. The van der Waals surface area contributed by atoms with E-state index in [1.807, 2.05) is 66.7 Å². The van der Waals surface area contributed by atoms with Crippen LogP contribution >= 0.6 is 0 Å². The van der Waals surface area contributed by atoms with E-state index < -0.39 is 0 Å². The first-order valence-corrected chi connectivity index (χ1v) is 9.01. The molecule has 1 heterocycles. The van der Waals surface area contributed by atoms with Crippen molar-refractivity contribution in [3.63, 3.8) is 0 Å². The monoisotopic (exact) mass is 347 g/mol. The molecule has 128 valence electrons. The van der Waals surface area contributed by atoms with E-state index in [1.165, 1.54) is 5.56 Å². The van der Waals surface area contributed by atoms with Crippen LogP contribution in [0, 0.1) is 0 Å². The quantitative estimate of drug-likeness (QED) is 0.369. The van der Waals surface area contributed by atoms with Crippen molar-refractivity contribution in [3.8, 4) is 16.8 Å². The highest BCUT2D eigenvalue weighted by atomic mass is 16.1. The van der Waals surface area contributed by atoms with Crippen LogP contribution in [-0.4, -0.2) is 4.57 Å². The molecule has 27 heavy (non-hydrogen) atoms. The maximum Gasteiger partial charge on any atom is 0.197 e. The molecule has 2 heteroatoms. The minimum atomic E-state index is 0.0802. The van der Waals surface area contributed by atoms with Crippen molar-refractivity contribution in [3.05, 3.63) is 113 Å². The van der Waals surface area contributed by atoms with Crippen molar-refractivity contribution >= 4 is 21.8 Å². The number of para-hydroxylation sites is 2. The van der Waals surface area contributed by atoms with Gasteiger partial charge in [0.25, 0.3) is 0 Å². The number of nitrogens with zero attached hydrogens (tertiary/aromatic N) is 1. The molecule has 0 aliphatic heterocycles. The third-order valence-electron chi connectivity index (χ3n) is 4.99. The number of pyridine rings is 1. The molecule has 0 aliphatic carbocycles. The Labute approximate surface area is 157 Å². The predicted molar refractivity (Wildman–Crippen MR) is 112 cm³/mol. The van der Waals surface area contributed by atoms with Gasteiger partial charge in [-0.15, -0.1) is 0 Å². The fourth-order valence-electron chi connectivity index (χ4n) is 3.73. The zero-order valence-corrected chi connectivity index (χ0v) is 14.7. The lowest BCUT2D eigenvalue weighted by molar-refractivity contribution is 1.16. The van der Waals surface area contributed by atoms with Gasteiger partial charge in [-0.1, -0.05) is 66.7 Å². The van der Waals surface area contributed by atoms with Crippen molar-refractivity contribution < 1.29 is 0 Å². The van der Waals surface area contributed by atoms with Gasteiger partial charge < -0.3 is 4.57 Å². The Kier molecular flexibility index (Phi) is 3.61. The van der Waals surface area contributed by atoms with E-state index in [9.17, 15) is 4.79 Å². The molecule has 0 saturated heterocycles. The van der Waals surface area contributed by atoms with Gasteiger partial charge >= 0.3 is 0 Å². The Morgan fingerprint density at radius 2 is 1.07 bits per heavy atom. The van der Waals surface area contributed by atoms with Crippen LogP contribution in [0.25, 0.3) is 38.6 Å². The molecule has 0 unspecified atom stereocenters. The molecule has 0 N–H and O–H groups in total. The summed E-state index contributed by atoms with van der Waals surface area (Å²) in [6, 6.07) is 34.4. The van der Waals surface area contributed by atoms with Gasteiger partial charge in [0.1, 0.15) is 0 Å². The number of aromatic nitrogens is 1. The van der Waals surface area contributed by atoms with Crippen molar-refractivity contribution in [1.29, 1.82) is 0 Å². The van der Waals surface area contributed by atoms with Gasteiger partial charge in [-0.05, 0) is 47.5 Å². The number of fused-ring (bicyclic) bond motifs is 2. The molecule has 2 nitrogen and oxygen atoms in total. The lowest BCUT2D eigenvalue weighted by Gasteiger charge is -2.16. The molecule has 5 aromatic rings. The van der Waals surface area contributed by atoms with Gasteiger partial charge in [-0.2, -0.15) is 0 Å². The van der Waals surface area contributed by atoms with Crippen molar-refractivity contribution in [2.24, 2.45) is 0 Å². The first kappa shape index (κ1) is 15.6. The zero-order valence-electron chi connectivity index (χ0n) is 14.7. The summed E-state index contributed by atoms with van der Waals surface area (Å²) < 4.78 is 2.18. The Hall–Kier alpha value is -3.65. The Bertz CT molecular complexity index is 1270. The van der Waals surface area contributed by atoms with Crippen LogP contribution in [0.3, 0.4) is 0 Å². The van der Waals surface area contributed by atoms with Crippen LogP contribution in [0.4, 0.5) is 0 Å². The minimum Gasteiger partial charge on any atom is -0.309 e. The van der Waals surface area contributed by atoms with E-state index in [1.54, 1.807) is 0 Å². The molecule has 0 aliphatic rings. The van der Waals surface area contributed by atoms with Crippen LogP contribution in [0.2, 0.25) is 0 Å². The van der Waals surface area contributed by atoms with Crippen molar-refractivity contribution in [2.45, 2.75) is 0 Å².